The lowest BCUT2D eigenvalue weighted by Crippen LogP contribution is -2.12. The van der Waals surface area contributed by atoms with Gasteiger partial charge in [0.25, 0.3) is 5.91 Å². The number of benzene rings is 2. The maximum Gasteiger partial charge on any atom is 0.255 e. The zero-order valence-corrected chi connectivity index (χ0v) is 11.2. The van der Waals surface area contributed by atoms with Crippen LogP contribution >= 0.6 is 0 Å². The molecule has 3 heteroatoms. The van der Waals surface area contributed by atoms with Crippen molar-refractivity contribution in [3.8, 4) is 0 Å². The third-order valence-corrected chi connectivity index (χ3v) is 3.15. The molecule has 0 saturated heterocycles. The smallest absolute Gasteiger partial charge is 0.255 e. The molecule has 2 rings (SSSR count). The Morgan fingerprint density at radius 1 is 1.16 bits per heavy atom. The van der Waals surface area contributed by atoms with Gasteiger partial charge >= 0.3 is 0 Å². The second-order valence-electron chi connectivity index (χ2n) is 4.58. The Balaban J connectivity index is 2.13. The molecule has 0 atom stereocenters. The van der Waals surface area contributed by atoms with Crippen molar-refractivity contribution >= 4 is 17.3 Å². The van der Waals surface area contributed by atoms with Crippen molar-refractivity contribution in [2.75, 3.05) is 11.1 Å². The molecular weight excluding hydrogens is 236 g/mol. The molecule has 2 aromatic rings. The third-order valence-electron chi connectivity index (χ3n) is 3.15. The normalized spacial score (nSPS) is 10.2. The number of anilines is 2. The molecule has 98 valence electrons. The quantitative estimate of drug-likeness (QED) is 0.825. The second-order valence-corrected chi connectivity index (χ2v) is 4.58. The Hall–Kier alpha value is -2.29. The van der Waals surface area contributed by atoms with E-state index in [4.69, 9.17) is 5.73 Å². The van der Waals surface area contributed by atoms with Crippen molar-refractivity contribution in [3.63, 3.8) is 0 Å². The van der Waals surface area contributed by atoms with Crippen LogP contribution in [0.1, 0.15) is 28.4 Å². The van der Waals surface area contributed by atoms with E-state index in [-0.39, 0.29) is 5.91 Å². The fourth-order valence-electron chi connectivity index (χ4n) is 1.84. The minimum Gasteiger partial charge on any atom is -0.399 e. The fraction of sp³-hybridized carbons (Fsp3) is 0.188. The molecule has 2 aromatic carbocycles. The summed E-state index contributed by atoms with van der Waals surface area (Å²) in [5, 5.41) is 2.88. The molecule has 0 unspecified atom stereocenters. The molecule has 0 aromatic heterocycles. The van der Waals surface area contributed by atoms with E-state index in [0.717, 1.165) is 17.7 Å². The van der Waals surface area contributed by atoms with Gasteiger partial charge in [0.1, 0.15) is 0 Å². The molecule has 0 fully saturated rings. The summed E-state index contributed by atoms with van der Waals surface area (Å²) in [6.07, 6.45) is 0.991. The van der Waals surface area contributed by atoms with Crippen LogP contribution in [0.15, 0.2) is 42.5 Å². The molecular formula is C16H18N2O. The van der Waals surface area contributed by atoms with Crippen LogP contribution in [-0.4, -0.2) is 5.91 Å². The van der Waals surface area contributed by atoms with Gasteiger partial charge in [0.2, 0.25) is 0 Å². The number of nitrogen functional groups attached to an aromatic ring is 1. The van der Waals surface area contributed by atoms with Gasteiger partial charge in [-0.1, -0.05) is 19.1 Å². The fourth-order valence-corrected chi connectivity index (χ4v) is 1.84. The van der Waals surface area contributed by atoms with Gasteiger partial charge in [0, 0.05) is 16.9 Å². The summed E-state index contributed by atoms with van der Waals surface area (Å²) in [7, 11) is 0. The van der Waals surface area contributed by atoms with Crippen molar-refractivity contribution < 1.29 is 4.79 Å². The summed E-state index contributed by atoms with van der Waals surface area (Å²) in [6, 6.07) is 13.2. The summed E-state index contributed by atoms with van der Waals surface area (Å²) in [5.41, 5.74) is 10.0. The Kier molecular flexibility index (Phi) is 3.85. The van der Waals surface area contributed by atoms with Crippen LogP contribution in [0, 0.1) is 6.92 Å². The molecule has 0 heterocycles. The van der Waals surface area contributed by atoms with Gasteiger partial charge in [-0.3, -0.25) is 4.79 Å². The van der Waals surface area contributed by atoms with Crippen LogP contribution in [0.25, 0.3) is 0 Å². The highest BCUT2D eigenvalue weighted by Crippen LogP contribution is 2.15. The van der Waals surface area contributed by atoms with E-state index >= 15 is 0 Å². The molecule has 3 N–H and O–H groups in total. The number of carbonyl (C=O) groups is 1. The molecule has 0 saturated carbocycles. The van der Waals surface area contributed by atoms with E-state index < -0.39 is 0 Å². The average molecular weight is 254 g/mol. The summed E-state index contributed by atoms with van der Waals surface area (Å²) in [6.45, 7) is 3.99. The Morgan fingerprint density at radius 2 is 1.84 bits per heavy atom. The summed E-state index contributed by atoms with van der Waals surface area (Å²) in [5.74, 6) is -0.118. The number of nitrogens with two attached hydrogens (primary N) is 1. The predicted molar refractivity (Wildman–Crippen MR) is 79.4 cm³/mol. The highest BCUT2D eigenvalue weighted by Gasteiger charge is 2.07. The van der Waals surface area contributed by atoms with E-state index in [1.54, 1.807) is 18.2 Å². The molecule has 0 spiro atoms. The molecule has 1 amide bonds. The molecule has 0 aliphatic heterocycles. The number of hydrogen-bond donors (Lipinski definition) is 2. The number of rotatable bonds is 3. The van der Waals surface area contributed by atoms with Gasteiger partial charge in [-0.05, 0) is 54.8 Å². The largest absolute Gasteiger partial charge is 0.399 e. The maximum absolute atomic E-state index is 12.1. The first-order chi connectivity index (χ1) is 9.10. The van der Waals surface area contributed by atoms with Crippen LogP contribution in [0.3, 0.4) is 0 Å². The van der Waals surface area contributed by atoms with Crippen LogP contribution in [0.5, 0.6) is 0 Å². The summed E-state index contributed by atoms with van der Waals surface area (Å²) >= 11 is 0. The monoisotopic (exact) mass is 254 g/mol. The lowest BCUT2D eigenvalue weighted by atomic mass is 10.1. The predicted octanol–water partition coefficient (Wildman–Crippen LogP) is 3.39. The van der Waals surface area contributed by atoms with Crippen LogP contribution < -0.4 is 11.1 Å². The van der Waals surface area contributed by atoms with Gasteiger partial charge < -0.3 is 11.1 Å². The first-order valence-corrected chi connectivity index (χ1v) is 6.36. The van der Waals surface area contributed by atoms with Crippen LogP contribution in [0.4, 0.5) is 11.4 Å². The highest BCUT2D eigenvalue weighted by molar-refractivity contribution is 6.04. The number of nitrogens with one attached hydrogen (secondary N) is 1. The minimum absolute atomic E-state index is 0.118. The van der Waals surface area contributed by atoms with E-state index in [1.807, 2.05) is 31.2 Å². The zero-order valence-electron chi connectivity index (χ0n) is 11.2. The Labute approximate surface area is 113 Å². The van der Waals surface area contributed by atoms with Crippen molar-refractivity contribution in [2.24, 2.45) is 0 Å². The number of aryl methyl sites for hydroxylation is 2. The molecule has 0 aliphatic carbocycles. The Morgan fingerprint density at radius 3 is 2.42 bits per heavy atom. The van der Waals surface area contributed by atoms with Gasteiger partial charge in [-0.15, -0.1) is 0 Å². The number of carbonyl (C=O) groups excluding carboxylic acids is 1. The van der Waals surface area contributed by atoms with E-state index in [2.05, 4.69) is 12.2 Å². The standard InChI is InChI=1S/C16H18N2O/c1-3-12-4-7-14(8-5-12)18-16(19)13-6-9-15(17)11(2)10-13/h4-10H,3,17H2,1-2H3,(H,18,19). The lowest BCUT2D eigenvalue weighted by molar-refractivity contribution is 0.102. The minimum atomic E-state index is -0.118. The van der Waals surface area contributed by atoms with E-state index in [1.165, 1.54) is 5.56 Å². The SMILES string of the molecule is CCc1ccc(NC(=O)c2ccc(N)c(C)c2)cc1. The Bertz CT molecular complexity index is 588. The van der Waals surface area contributed by atoms with Crippen molar-refractivity contribution in [3.05, 3.63) is 59.2 Å². The van der Waals surface area contributed by atoms with Gasteiger partial charge in [-0.25, -0.2) is 0 Å². The topological polar surface area (TPSA) is 55.1 Å². The summed E-state index contributed by atoms with van der Waals surface area (Å²) in [4.78, 5) is 12.1. The van der Waals surface area contributed by atoms with Crippen molar-refractivity contribution in [1.82, 2.24) is 0 Å². The average Bonchev–Trinajstić information content (AvgIpc) is 2.42. The third kappa shape index (κ3) is 3.13. The molecule has 0 radical (unpaired) electrons. The number of hydrogen-bond acceptors (Lipinski definition) is 2. The second kappa shape index (κ2) is 5.57. The first kappa shape index (κ1) is 13.1. The first-order valence-electron chi connectivity index (χ1n) is 6.36. The molecule has 19 heavy (non-hydrogen) atoms. The van der Waals surface area contributed by atoms with Gasteiger partial charge in [0.15, 0.2) is 0 Å². The van der Waals surface area contributed by atoms with Crippen LogP contribution in [-0.2, 0) is 6.42 Å². The zero-order chi connectivity index (χ0) is 13.8. The van der Waals surface area contributed by atoms with E-state index in [9.17, 15) is 4.79 Å². The van der Waals surface area contributed by atoms with Crippen molar-refractivity contribution in [2.45, 2.75) is 20.3 Å². The van der Waals surface area contributed by atoms with Gasteiger partial charge in [0.05, 0.1) is 0 Å². The molecule has 0 bridgehead atoms. The van der Waals surface area contributed by atoms with E-state index in [0.29, 0.717) is 11.3 Å². The van der Waals surface area contributed by atoms with Crippen LogP contribution in [0.2, 0.25) is 0 Å². The van der Waals surface area contributed by atoms with Crippen molar-refractivity contribution in [1.29, 1.82) is 0 Å². The highest BCUT2D eigenvalue weighted by atomic mass is 16.1. The number of amides is 1. The molecule has 3 nitrogen and oxygen atoms in total. The maximum atomic E-state index is 12.1. The summed E-state index contributed by atoms with van der Waals surface area (Å²) < 4.78 is 0. The molecule has 0 aliphatic rings. The van der Waals surface area contributed by atoms with Gasteiger partial charge in [-0.2, -0.15) is 0 Å². The lowest BCUT2D eigenvalue weighted by Gasteiger charge is -2.07.